The van der Waals surface area contributed by atoms with Crippen molar-refractivity contribution in [1.82, 2.24) is 15.0 Å². The molecule has 2 heterocycles. The topological polar surface area (TPSA) is 59.9 Å². The van der Waals surface area contributed by atoms with Gasteiger partial charge in [-0.2, -0.15) is 0 Å². The van der Waals surface area contributed by atoms with Gasteiger partial charge in [-0.05, 0) is 18.2 Å². The SMILES string of the molecule is COc1cc(F)c(Nc2ncnc3ccc(Cl)nc23)cc1Cl. The molecule has 0 aliphatic carbocycles. The highest BCUT2D eigenvalue weighted by atomic mass is 35.5. The Bertz CT molecular complexity index is 860. The van der Waals surface area contributed by atoms with Crippen LogP contribution in [0.5, 0.6) is 5.75 Å². The number of hydrogen-bond acceptors (Lipinski definition) is 5. The zero-order valence-electron chi connectivity index (χ0n) is 11.3. The monoisotopic (exact) mass is 338 g/mol. The fourth-order valence-electron chi connectivity index (χ4n) is 1.92. The van der Waals surface area contributed by atoms with E-state index < -0.39 is 5.82 Å². The number of benzene rings is 1. The zero-order chi connectivity index (χ0) is 15.7. The van der Waals surface area contributed by atoms with E-state index in [1.165, 1.54) is 25.6 Å². The van der Waals surface area contributed by atoms with E-state index in [2.05, 4.69) is 20.3 Å². The molecule has 22 heavy (non-hydrogen) atoms. The maximum absolute atomic E-state index is 14.1. The van der Waals surface area contributed by atoms with E-state index >= 15 is 0 Å². The van der Waals surface area contributed by atoms with Gasteiger partial charge in [0.25, 0.3) is 0 Å². The van der Waals surface area contributed by atoms with Crippen LogP contribution < -0.4 is 10.1 Å². The molecular weight excluding hydrogens is 330 g/mol. The predicted molar refractivity (Wildman–Crippen MR) is 83.6 cm³/mol. The second-order valence-corrected chi connectivity index (χ2v) is 5.11. The van der Waals surface area contributed by atoms with Gasteiger partial charge < -0.3 is 10.1 Å². The Morgan fingerprint density at radius 2 is 2.00 bits per heavy atom. The van der Waals surface area contributed by atoms with Gasteiger partial charge in [0.15, 0.2) is 5.82 Å². The first-order valence-electron chi connectivity index (χ1n) is 6.16. The van der Waals surface area contributed by atoms with E-state index in [0.717, 1.165) is 0 Å². The van der Waals surface area contributed by atoms with Gasteiger partial charge >= 0.3 is 0 Å². The van der Waals surface area contributed by atoms with Crippen LogP contribution in [0, 0.1) is 5.82 Å². The largest absolute Gasteiger partial charge is 0.495 e. The van der Waals surface area contributed by atoms with Crippen LogP contribution in [0.4, 0.5) is 15.9 Å². The van der Waals surface area contributed by atoms with Crippen molar-refractivity contribution in [2.24, 2.45) is 0 Å². The number of ether oxygens (including phenoxy) is 1. The molecule has 1 N–H and O–H groups in total. The van der Waals surface area contributed by atoms with Crippen LogP contribution in [0.2, 0.25) is 10.2 Å². The van der Waals surface area contributed by atoms with Crippen molar-refractivity contribution in [1.29, 1.82) is 0 Å². The van der Waals surface area contributed by atoms with Crippen molar-refractivity contribution < 1.29 is 9.13 Å². The van der Waals surface area contributed by atoms with E-state index in [4.69, 9.17) is 27.9 Å². The summed E-state index contributed by atoms with van der Waals surface area (Å²) in [5.74, 6) is 0.0427. The minimum atomic E-state index is -0.532. The molecule has 8 heteroatoms. The number of anilines is 2. The molecule has 3 aromatic rings. The number of halogens is 3. The fourth-order valence-corrected chi connectivity index (χ4v) is 2.30. The molecule has 2 aromatic heterocycles. The Morgan fingerprint density at radius 1 is 1.18 bits per heavy atom. The lowest BCUT2D eigenvalue weighted by Crippen LogP contribution is -2.00. The highest BCUT2D eigenvalue weighted by Crippen LogP contribution is 2.32. The normalized spacial score (nSPS) is 10.7. The predicted octanol–water partition coefficient (Wildman–Crippen LogP) is 4.22. The standard InChI is InChI=1S/C14H9Cl2FN4O/c1-22-11-5-8(17)10(4-7(11)15)20-14-13-9(18-6-19-14)2-3-12(16)21-13/h2-6H,1H3,(H,18,19,20). The summed E-state index contributed by atoms with van der Waals surface area (Å²) in [5.41, 5.74) is 1.16. The van der Waals surface area contributed by atoms with Crippen LogP contribution in [0.3, 0.4) is 0 Å². The molecule has 0 saturated carbocycles. The third-order valence-electron chi connectivity index (χ3n) is 2.94. The van der Waals surface area contributed by atoms with Crippen molar-refractivity contribution in [3.05, 3.63) is 46.6 Å². The molecule has 0 spiro atoms. The summed E-state index contributed by atoms with van der Waals surface area (Å²) in [6.07, 6.45) is 1.35. The van der Waals surface area contributed by atoms with Crippen LogP contribution >= 0.6 is 23.2 Å². The lowest BCUT2D eigenvalue weighted by Gasteiger charge is -2.11. The molecule has 0 aliphatic rings. The van der Waals surface area contributed by atoms with Crippen LogP contribution in [0.1, 0.15) is 0 Å². The Morgan fingerprint density at radius 3 is 2.77 bits per heavy atom. The van der Waals surface area contributed by atoms with Crippen molar-refractivity contribution in [3.63, 3.8) is 0 Å². The molecule has 0 radical (unpaired) electrons. The van der Waals surface area contributed by atoms with E-state index in [0.29, 0.717) is 22.0 Å². The minimum Gasteiger partial charge on any atom is -0.495 e. The average molecular weight is 339 g/mol. The summed E-state index contributed by atoms with van der Waals surface area (Å²) in [6, 6.07) is 5.92. The van der Waals surface area contributed by atoms with Gasteiger partial charge in [0.1, 0.15) is 28.6 Å². The Labute approximate surface area is 135 Å². The summed E-state index contributed by atoms with van der Waals surface area (Å²) >= 11 is 11.9. The second kappa shape index (κ2) is 5.90. The Hall–Kier alpha value is -2.18. The van der Waals surface area contributed by atoms with Crippen molar-refractivity contribution in [3.8, 4) is 5.75 Å². The number of nitrogens with one attached hydrogen (secondary N) is 1. The first-order chi connectivity index (χ1) is 10.6. The maximum Gasteiger partial charge on any atom is 0.160 e. The molecule has 0 bridgehead atoms. The number of fused-ring (bicyclic) bond motifs is 1. The van der Waals surface area contributed by atoms with Crippen molar-refractivity contribution in [2.45, 2.75) is 0 Å². The van der Waals surface area contributed by atoms with Crippen LogP contribution in [0.25, 0.3) is 11.0 Å². The van der Waals surface area contributed by atoms with E-state index in [1.54, 1.807) is 12.1 Å². The lowest BCUT2D eigenvalue weighted by molar-refractivity contribution is 0.412. The summed E-state index contributed by atoms with van der Waals surface area (Å²) in [7, 11) is 1.41. The van der Waals surface area contributed by atoms with Gasteiger partial charge in [-0.15, -0.1) is 0 Å². The molecular formula is C14H9Cl2FN4O. The molecule has 112 valence electrons. The molecule has 0 amide bonds. The zero-order valence-corrected chi connectivity index (χ0v) is 12.8. The van der Waals surface area contributed by atoms with E-state index in [9.17, 15) is 4.39 Å². The maximum atomic E-state index is 14.1. The van der Waals surface area contributed by atoms with E-state index in [1.807, 2.05) is 0 Å². The van der Waals surface area contributed by atoms with Crippen LogP contribution in [-0.2, 0) is 0 Å². The van der Waals surface area contributed by atoms with Crippen molar-refractivity contribution >= 4 is 45.7 Å². The summed E-state index contributed by atoms with van der Waals surface area (Å²) in [6.45, 7) is 0. The Kier molecular flexibility index (Phi) is 3.96. The average Bonchev–Trinajstić information content (AvgIpc) is 2.51. The molecule has 0 atom stereocenters. The van der Waals surface area contributed by atoms with Gasteiger partial charge in [-0.25, -0.2) is 19.3 Å². The molecule has 5 nitrogen and oxygen atoms in total. The van der Waals surface area contributed by atoms with Gasteiger partial charge in [0, 0.05) is 6.07 Å². The number of nitrogens with zero attached hydrogens (tertiary/aromatic N) is 3. The fraction of sp³-hybridized carbons (Fsp3) is 0.0714. The van der Waals surface area contributed by atoms with Crippen molar-refractivity contribution in [2.75, 3.05) is 12.4 Å². The second-order valence-electron chi connectivity index (χ2n) is 4.32. The number of rotatable bonds is 3. The minimum absolute atomic E-state index is 0.146. The van der Waals surface area contributed by atoms with Crippen LogP contribution in [-0.4, -0.2) is 22.1 Å². The molecule has 1 aromatic carbocycles. The smallest absolute Gasteiger partial charge is 0.160 e. The molecule has 0 unspecified atom stereocenters. The Balaban J connectivity index is 2.07. The number of aromatic nitrogens is 3. The number of methoxy groups -OCH3 is 1. The van der Waals surface area contributed by atoms with Gasteiger partial charge in [0.05, 0.1) is 23.3 Å². The number of hydrogen-bond donors (Lipinski definition) is 1. The third-order valence-corrected chi connectivity index (χ3v) is 3.45. The molecule has 0 aliphatic heterocycles. The summed E-state index contributed by atoms with van der Waals surface area (Å²) in [5, 5.41) is 3.41. The summed E-state index contributed by atoms with van der Waals surface area (Å²) < 4.78 is 19.1. The first kappa shape index (κ1) is 14.7. The summed E-state index contributed by atoms with van der Waals surface area (Å²) in [4.78, 5) is 12.3. The van der Waals surface area contributed by atoms with Crippen LogP contribution in [0.15, 0.2) is 30.6 Å². The quantitative estimate of drug-likeness (QED) is 0.724. The first-order valence-corrected chi connectivity index (χ1v) is 6.91. The highest BCUT2D eigenvalue weighted by molar-refractivity contribution is 6.32. The molecule has 0 fully saturated rings. The molecule has 0 saturated heterocycles. The third kappa shape index (κ3) is 2.75. The number of pyridine rings is 1. The van der Waals surface area contributed by atoms with Gasteiger partial charge in [-0.1, -0.05) is 23.2 Å². The van der Waals surface area contributed by atoms with E-state index in [-0.39, 0.29) is 16.5 Å². The molecule has 3 rings (SSSR count). The van der Waals surface area contributed by atoms with Gasteiger partial charge in [-0.3, -0.25) is 0 Å². The van der Waals surface area contributed by atoms with Gasteiger partial charge in [0.2, 0.25) is 0 Å². The lowest BCUT2D eigenvalue weighted by atomic mass is 10.2. The highest BCUT2D eigenvalue weighted by Gasteiger charge is 2.12.